The van der Waals surface area contributed by atoms with Crippen molar-refractivity contribution in [2.75, 3.05) is 19.5 Å². The van der Waals surface area contributed by atoms with Gasteiger partial charge in [-0.05, 0) is 63.4 Å². The lowest BCUT2D eigenvalue weighted by atomic mass is 10.2. The topological polar surface area (TPSA) is 77.7 Å². The minimum Gasteiger partial charge on any atom is -0.380 e. The summed E-state index contributed by atoms with van der Waals surface area (Å²) in [5, 5.41) is -0.566. The second-order valence-electron chi connectivity index (χ2n) is 7.11. The predicted molar refractivity (Wildman–Crippen MR) is 127 cm³/mol. The van der Waals surface area contributed by atoms with Gasteiger partial charge >= 0.3 is 0 Å². The summed E-state index contributed by atoms with van der Waals surface area (Å²) in [6.07, 6.45) is 2.02. The molecule has 2 aromatic carbocycles. The third-order valence-electron chi connectivity index (χ3n) is 4.78. The van der Waals surface area contributed by atoms with E-state index in [2.05, 4.69) is 11.1 Å². The first-order valence-electron chi connectivity index (χ1n) is 9.96. The number of aromatic nitrogens is 1. The van der Waals surface area contributed by atoms with Crippen LogP contribution in [0.4, 0.5) is 0 Å². The third kappa shape index (κ3) is 5.28. The Labute approximate surface area is 190 Å². The first-order valence-corrected chi connectivity index (χ1v) is 13.5. The number of thiazole rings is 1. The van der Waals surface area contributed by atoms with Crippen molar-refractivity contribution in [3.63, 3.8) is 0 Å². The van der Waals surface area contributed by atoms with Crippen LogP contribution in [0.2, 0.25) is 0 Å². The Hall–Kier alpha value is -1.94. The second kappa shape index (κ2) is 10.1. The quantitative estimate of drug-likeness (QED) is 0.355. The molecule has 1 amide bonds. The maximum atomic E-state index is 12.9. The molecule has 0 spiro atoms. The number of fused-ring (bicyclic) bond motifs is 1. The Morgan fingerprint density at radius 2 is 2.00 bits per heavy atom. The standard InChI is InChI=1S/C22H26N2O4S3/c1-5-28-12-11-24-19-10-9-17(29-4)14-20(19)30-22(24)23-21(25)16-7-6-8-18(13-16)31(26,27)15(2)3/h6-10,13-15H,5,11-12H2,1-4H3. The van der Waals surface area contributed by atoms with Crippen molar-refractivity contribution in [1.82, 2.24) is 4.57 Å². The number of thioether (sulfide) groups is 1. The lowest BCUT2D eigenvalue weighted by Gasteiger charge is -2.08. The van der Waals surface area contributed by atoms with E-state index in [1.807, 2.05) is 29.9 Å². The van der Waals surface area contributed by atoms with Gasteiger partial charge in [0.25, 0.3) is 5.91 Å². The second-order valence-corrected chi connectivity index (χ2v) is 11.5. The largest absolute Gasteiger partial charge is 0.380 e. The monoisotopic (exact) mass is 478 g/mol. The molecule has 0 N–H and O–H groups in total. The van der Waals surface area contributed by atoms with Crippen LogP contribution in [0.25, 0.3) is 10.2 Å². The van der Waals surface area contributed by atoms with Gasteiger partial charge in [-0.15, -0.1) is 11.8 Å². The molecule has 9 heteroatoms. The summed E-state index contributed by atoms with van der Waals surface area (Å²) in [7, 11) is -3.47. The number of ether oxygens (including phenoxy) is 1. The molecule has 0 atom stereocenters. The molecule has 1 aromatic heterocycles. The van der Waals surface area contributed by atoms with Crippen molar-refractivity contribution < 1.29 is 17.9 Å². The van der Waals surface area contributed by atoms with Crippen LogP contribution in [0.15, 0.2) is 57.2 Å². The van der Waals surface area contributed by atoms with Gasteiger partial charge in [0.1, 0.15) is 0 Å². The molecular weight excluding hydrogens is 452 g/mol. The first-order chi connectivity index (χ1) is 14.8. The van der Waals surface area contributed by atoms with E-state index in [9.17, 15) is 13.2 Å². The molecule has 3 rings (SSSR count). The highest BCUT2D eigenvalue weighted by atomic mass is 32.2. The average molecular weight is 479 g/mol. The van der Waals surface area contributed by atoms with Crippen LogP contribution >= 0.6 is 23.1 Å². The molecule has 0 aliphatic carbocycles. The molecular formula is C22H26N2O4S3. The molecule has 0 saturated heterocycles. The fourth-order valence-corrected chi connectivity index (χ4v) is 5.72. The van der Waals surface area contributed by atoms with Crippen LogP contribution < -0.4 is 4.80 Å². The Morgan fingerprint density at radius 3 is 2.68 bits per heavy atom. The van der Waals surface area contributed by atoms with Crippen LogP contribution in [-0.4, -0.2) is 43.6 Å². The molecule has 3 aromatic rings. The minimum atomic E-state index is -3.47. The number of carbonyl (C=O) groups is 1. The van der Waals surface area contributed by atoms with Crippen molar-refractivity contribution in [2.45, 2.75) is 42.4 Å². The Balaban J connectivity index is 2.07. The molecule has 0 fully saturated rings. The molecule has 0 aliphatic rings. The van der Waals surface area contributed by atoms with E-state index < -0.39 is 21.0 Å². The average Bonchev–Trinajstić information content (AvgIpc) is 3.09. The van der Waals surface area contributed by atoms with E-state index in [4.69, 9.17) is 4.74 Å². The van der Waals surface area contributed by atoms with Crippen LogP contribution in [-0.2, 0) is 21.1 Å². The number of benzene rings is 2. The minimum absolute atomic E-state index is 0.133. The fourth-order valence-electron chi connectivity index (χ4n) is 3.01. The number of rotatable bonds is 8. The summed E-state index contributed by atoms with van der Waals surface area (Å²) >= 11 is 3.09. The first kappa shape index (κ1) is 23.7. The van der Waals surface area contributed by atoms with Crippen molar-refractivity contribution in [1.29, 1.82) is 0 Å². The summed E-state index contributed by atoms with van der Waals surface area (Å²) in [6.45, 7) is 6.87. The van der Waals surface area contributed by atoms with Gasteiger partial charge < -0.3 is 9.30 Å². The lowest BCUT2D eigenvalue weighted by molar-refractivity contribution is 0.0996. The zero-order chi connectivity index (χ0) is 22.6. The van der Waals surface area contributed by atoms with Gasteiger partial charge in [-0.3, -0.25) is 4.79 Å². The van der Waals surface area contributed by atoms with E-state index >= 15 is 0 Å². The number of sulfone groups is 1. The van der Waals surface area contributed by atoms with Crippen molar-refractivity contribution in [2.24, 2.45) is 4.99 Å². The molecule has 6 nitrogen and oxygen atoms in total. The fraction of sp³-hybridized carbons (Fsp3) is 0.364. The summed E-state index contributed by atoms with van der Waals surface area (Å²) < 4.78 is 33.5. The van der Waals surface area contributed by atoms with Crippen LogP contribution in [0.3, 0.4) is 0 Å². The van der Waals surface area contributed by atoms with Crippen LogP contribution in [0, 0.1) is 0 Å². The molecule has 1 heterocycles. The molecule has 0 saturated carbocycles. The van der Waals surface area contributed by atoms with Gasteiger partial charge in [-0.2, -0.15) is 4.99 Å². The SMILES string of the molecule is CCOCCn1c(=NC(=O)c2cccc(S(=O)(=O)C(C)C)c2)sc2cc(SC)ccc21. The van der Waals surface area contributed by atoms with E-state index in [1.54, 1.807) is 37.7 Å². The maximum absolute atomic E-state index is 12.9. The van der Waals surface area contributed by atoms with Crippen molar-refractivity contribution in [3.05, 3.63) is 52.8 Å². The number of nitrogens with zero attached hydrogens (tertiary/aromatic N) is 2. The third-order valence-corrected chi connectivity index (χ3v) is 8.70. The predicted octanol–water partition coefficient (Wildman–Crippen LogP) is 4.38. The van der Waals surface area contributed by atoms with E-state index in [0.717, 1.165) is 15.1 Å². The molecule has 0 radical (unpaired) electrons. The number of carbonyl (C=O) groups excluding carboxylic acids is 1. The molecule has 0 unspecified atom stereocenters. The van der Waals surface area contributed by atoms with Gasteiger partial charge in [0, 0.05) is 23.6 Å². The number of hydrogen-bond acceptors (Lipinski definition) is 6. The van der Waals surface area contributed by atoms with Gasteiger partial charge in [-0.1, -0.05) is 17.4 Å². The molecule has 31 heavy (non-hydrogen) atoms. The highest BCUT2D eigenvalue weighted by Gasteiger charge is 2.20. The number of hydrogen-bond donors (Lipinski definition) is 0. The summed E-state index contributed by atoms with van der Waals surface area (Å²) in [5.41, 5.74) is 1.24. The van der Waals surface area contributed by atoms with Gasteiger partial charge in [0.05, 0.1) is 27.0 Å². The number of amides is 1. The Bertz CT molecular complexity index is 1260. The highest BCUT2D eigenvalue weighted by Crippen LogP contribution is 2.24. The Kier molecular flexibility index (Phi) is 7.74. The molecule has 0 aliphatic heterocycles. The van der Waals surface area contributed by atoms with Crippen LogP contribution in [0.1, 0.15) is 31.1 Å². The van der Waals surface area contributed by atoms with Crippen molar-refractivity contribution >= 4 is 49.1 Å². The van der Waals surface area contributed by atoms with Crippen LogP contribution in [0.5, 0.6) is 0 Å². The van der Waals surface area contributed by atoms with E-state index in [0.29, 0.717) is 24.6 Å². The van der Waals surface area contributed by atoms with Crippen molar-refractivity contribution in [3.8, 4) is 0 Å². The normalized spacial score (nSPS) is 12.7. The zero-order valence-electron chi connectivity index (χ0n) is 18.0. The smallest absolute Gasteiger partial charge is 0.279 e. The molecule has 0 bridgehead atoms. The zero-order valence-corrected chi connectivity index (χ0v) is 20.4. The summed E-state index contributed by atoms with van der Waals surface area (Å²) in [6, 6.07) is 12.3. The lowest BCUT2D eigenvalue weighted by Crippen LogP contribution is -2.20. The highest BCUT2D eigenvalue weighted by molar-refractivity contribution is 7.98. The van der Waals surface area contributed by atoms with Gasteiger partial charge in [0.15, 0.2) is 14.6 Å². The van der Waals surface area contributed by atoms with Gasteiger partial charge in [-0.25, -0.2) is 8.42 Å². The maximum Gasteiger partial charge on any atom is 0.279 e. The summed E-state index contributed by atoms with van der Waals surface area (Å²) in [4.78, 5) is 19.1. The summed E-state index contributed by atoms with van der Waals surface area (Å²) in [5.74, 6) is -0.470. The Morgan fingerprint density at radius 1 is 1.23 bits per heavy atom. The van der Waals surface area contributed by atoms with E-state index in [1.165, 1.54) is 23.5 Å². The van der Waals surface area contributed by atoms with E-state index in [-0.39, 0.29) is 10.5 Å². The van der Waals surface area contributed by atoms with Gasteiger partial charge in [0.2, 0.25) is 0 Å². The molecule has 166 valence electrons.